The van der Waals surface area contributed by atoms with Crippen LogP contribution in [0.2, 0.25) is 10.1 Å². The lowest BCUT2D eigenvalue weighted by Gasteiger charge is -2.43. The lowest BCUT2D eigenvalue weighted by Crippen LogP contribution is -2.67. The molecule has 5 aromatic carbocycles. The van der Waals surface area contributed by atoms with Crippen LogP contribution >= 0.6 is 46.1 Å². The summed E-state index contributed by atoms with van der Waals surface area (Å²) >= 11 is 5.38. The number of carbonyl (C=O) groups is 2. The van der Waals surface area contributed by atoms with Gasteiger partial charge in [-0.25, -0.2) is 19.8 Å². The summed E-state index contributed by atoms with van der Waals surface area (Å²) < 4.78 is 86.0. The largest absolute Gasteiger partial charge is 0.471 e. The Balaban J connectivity index is 0.915. The van der Waals surface area contributed by atoms with Gasteiger partial charge in [0, 0.05) is 41.4 Å². The third-order valence-electron chi connectivity index (χ3n) is 17.1. The van der Waals surface area contributed by atoms with Gasteiger partial charge >= 0.3 is 17.8 Å². The molecule has 0 saturated carbocycles. The number of aliphatic imine (C=N–C) groups is 1. The van der Waals surface area contributed by atoms with E-state index in [-0.39, 0.29) is 41.1 Å². The molecule has 26 heteroatoms. The molecule has 97 heavy (non-hydrogen) atoms. The summed E-state index contributed by atoms with van der Waals surface area (Å²) in [5.74, 6) is 3.11. The van der Waals surface area contributed by atoms with Crippen LogP contribution in [0.3, 0.4) is 0 Å². The first-order chi connectivity index (χ1) is 46.4. The zero-order valence-corrected chi connectivity index (χ0v) is 61.2. The SMILES string of the molecule is CSCOC1C[C@H](n2cc(I)c3c(N=CN(C)CC(OC4C[C@H](n5cc(C#CCNC(=O)C(F)(F)F)c(NC(=O)c6ccccc6)nc5=O)O[C@@H]4CO[Si](c4ccccc4)(c4ccccc4)C(C)(C)C)SC)ncnc32)O[C@@H]1CO[Si](c1ccccc1)(c1ccccc1)C(C)(C)C. The Morgan fingerprint density at radius 3 is 1.76 bits per heavy atom. The number of thioether (sulfide) groups is 2. The van der Waals surface area contributed by atoms with E-state index in [2.05, 4.69) is 164 Å². The summed E-state index contributed by atoms with van der Waals surface area (Å²) in [7, 11) is -4.22. The van der Waals surface area contributed by atoms with Crippen LogP contribution in [0.1, 0.15) is 82.8 Å². The Kier molecular flexibility index (Phi) is 23.9. The van der Waals surface area contributed by atoms with Crippen LogP contribution in [0.4, 0.5) is 24.8 Å². The van der Waals surface area contributed by atoms with Gasteiger partial charge in [0.15, 0.2) is 11.6 Å². The molecule has 510 valence electrons. The van der Waals surface area contributed by atoms with E-state index in [1.807, 2.05) is 83.8 Å². The Labute approximate surface area is 587 Å². The molecule has 2 saturated heterocycles. The number of ether oxygens (including phenoxy) is 4. The molecule has 0 bridgehead atoms. The Hall–Kier alpha value is -7.02. The number of benzene rings is 5. The molecule has 5 heterocycles. The Morgan fingerprint density at radius 2 is 1.26 bits per heavy atom. The number of fused-ring (bicyclic) bond motifs is 1. The molecule has 2 fully saturated rings. The number of rotatable bonds is 25. The van der Waals surface area contributed by atoms with Crippen LogP contribution in [0.5, 0.6) is 0 Å². The second kappa shape index (κ2) is 31.9. The number of anilines is 1. The van der Waals surface area contributed by atoms with E-state index in [0.29, 0.717) is 37.0 Å². The highest BCUT2D eigenvalue weighted by atomic mass is 127. The molecule has 0 spiro atoms. The highest BCUT2D eigenvalue weighted by molar-refractivity contribution is 14.1. The van der Waals surface area contributed by atoms with Crippen LogP contribution in [0, 0.1) is 15.4 Å². The molecule has 3 unspecified atom stereocenters. The summed E-state index contributed by atoms with van der Waals surface area (Å²) in [6.07, 6.45) is 2.37. The van der Waals surface area contributed by atoms with E-state index in [9.17, 15) is 27.6 Å². The van der Waals surface area contributed by atoms with Crippen molar-refractivity contribution in [3.8, 4) is 11.8 Å². The molecule has 2 N–H and O–H groups in total. The minimum atomic E-state index is -5.14. The molecule has 3 aromatic heterocycles. The molecular formula is C71H79F3IN9O9S2Si2. The first-order valence-corrected chi connectivity index (χ1v) is 39.2. The standard InChI is InChI=1S/C71H79F3IN9O9S2Si2/c1-69(2,3)96(50-29-17-11-18-30-50,51-31-19-12-20-32-51)89-43-57-55(88-47-94-8)38-59(91-57)83-41-54(75)62-64(77-45-78-65(62)83)79-46-82(7)42-61(95-9)93-56-39-60(92-58(56)44-90-97(70(4,5)6,52-33-21-13-22-34-52)53-35-23-14-24-36-53)84-40-49(28-25-37-76-67(86)71(72,73)74)63(81-68(84)87)80-66(85)48-26-15-10-16-27-48/h10-24,26-27,29-36,40-41,45-46,55-61H,37-39,42-44,47H2,1-9H3,(H,76,86)(H,80,81,85,87)/t55?,56?,57-,58-,59-,60-,61?/m1/s1. The third kappa shape index (κ3) is 16.7. The third-order valence-corrected chi connectivity index (χ3v) is 29.1. The van der Waals surface area contributed by atoms with Gasteiger partial charge in [-0.2, -0.15) is 18.2 Å². The second-order valence-corrected chi connectivity index (χ2v) is 37.2. The molecule has 2 aliphatic rings. The monoisotopic (exact) mass is 1510 g/mol. The highest BCUT2D eigenvalue weighted by Gasteiger charge is 2.53. The zero-order chi connectivity index (χ0) is 69.1. The van der Waals surface area contributed by atoms with Crippen molar-refractivity contribution in [1.82, 2.24) is 34.3 Å². The maximum atomic E-state index is 14.3. The van der Waals surface area contributed by atoms with Crippen molar-refractivity contribution in [3.05, 3.63) is 196 Å². The van der Waals surface area contributed by atoms with Gasteiger partial charge in [-0.05, 0) is 78.1 Å². The predicted molar refractivity (Wildman–Crippen MR) is 389 cm³/mol. The molecule has 10 rings (SSSR count). The van der Waals surface area contributed by atoms with E-state index in [0.717, 1.165) is 19.3 Å². The number of hydrogen-bond donors (Lipinski definition) is 2. The van der Waals surface area contributed by atoms with Gasteiger partial charge in [-0.3, -0.25) is 14.2 Å². The summed E-state index contributed by atoms with van der Waals surface area (Å²) in [6, 6.07) is 49.6. The number of likely N-dealkylation sites (N-methyl/N-ethyl adjacent to an activating group) is 1. The smallest absolute Gasteiger partial charge is 0.405 e. The lowest BCUT2D eigenvalue weighted by molar-refractivity contribution is -0.173. The van der Waals surface area contributed by atoms with Crippen LogP contribution in [-0.4, -0.2) is 152 Å². The number of carbonyl (C=O) groups excluding carboxylic acids is 2. The van der Waals surface area contributed by atoms with Gasteiger partial charge < -0.3 is 47.9 Å². The minimum Gasteiger partial charge on any atom is -0.405 e. The average molecular weight is 1510 g/mol. The van der Waals surface area contributed by atoms with Crippen molar-refractivity contribution in [2.24, 2.45) is 4.99 Å². The molecule has 2 amide bonds. The van der Waals surface area contributed by atoms with Crippen molar-refractivity contribution < 1.29 is 50.6 Å². The van der Waals surface area contributed by atoms with Crippen LogP contribution in [0.15, 0.2) is 180 Å². The van der Waals surface area contributed by atoms with Crippen molar-refractivity contribution in [3.63, 3.8) is 0 Å². The molecule has 0 radical (unpaired) electrons. The molecular weight excluding hydrogens is 1430 g/mol. The van der Waals surface area contributed by atoms with E-state index in [1.165, 1.54) is 39.2 Å². The van der Waals surface area contributed by atoms with E-state index in [1.54, 1.807) is 53.7 Å². The number of aromatic nitrogens is 5. The van der Waals surface area contributed by atoms with Gasteiger partial charge in [-0.1, -0.05) is 193 Å². The summed E-state index contributed by atoms with van der Waals surface area (Å²) in [5, 5.41) is 8.89. The zero-order valence-electron chi connectivity index (χ0n) is 55.4. The summed E-state index contributed by atoms with van der Waals surface area (Å²) in [6.45, 7) is 13.3. The Bertz CT molecular complexity index is 4050. The Morgan fingerprint density at radius 1 is 0.753 bits per heavy atom. The van der Waals surface area contributed by atoms with Crippen molar-refractivity contribution in [2.75, 3.05) is 57.1 Å². The predicted octanol–water partition coefficient (Wildman–Crippen LogP) is 10.7. The quantitative estimate of drug-likeness (QED) is 0.0137. The van der Waals surface area contributed by atoms with Gasteiger partial charge in [0.25, 0.3) is 22.5 Å². The number of nitrogens with zero attached hydrogens (tertiary/aromatic N) is 7. The van der Waals surface area contributed by atoms with Crippen LogP contribution in [0.25, 0.3) is 11.0 Å². The fourth-order valence-corrected chi connectivity index (χ4v) is 23.5. The van der Waals surface area contributed by atoms with Crippen LogP contribution in [-0.2, 0) is 32.6 Å². The van der Waals surface area contributed by atoms with Crippen molar-refractivity contribution in [2.45, 2.75) is 113 Å². The van der Waals surface area contributed by atoms with Crippen molar-refractivity contribution >= 4 is 124 Å². The molecule has 8 aromatic rings. The minimum absolute atomic E-state index is 0.0294. The number of nitrogens with one attached hydrogen (secondary N) is 2. The van der Waals surface area contributed by atoms with Gasteiger partial charge in [0.2, 0.25) is 0 Å². The van der Waals surface area contributed by atoms with E-state index >= 15 is 0 Å². The maximum Gasteiger partial charge on any atom is 0.471 e. The normalized spacial score (nSPS) is 18.8. The first kappa shape index (κ1) is 72.7. The number of halogens is 4. The van der Waals surface area contributed by atoms with E-state index in [4.69, 9.17) is 37.8 Å². The molecule has 0 aliphatic carbocycles. The van der Waals surface area contributed by atoms with Gasteiger partial charge in [-0.15, -0.1) is 23.5 Å². The second-order valence-electron chi connectivity index (χ2n) is 25.6. The lowest BCUT2D eigenvalue weighted by atomic mass is 10.2. The van der Waals surface area contributed by atoms with Gasteiger partial charge in [0.1, 0.15) is 42.1 Å². The highest BCUT2D eigenvalue weighted by Crippen LogP contribution is 2.42. The van der Waals surface area contributed by atoms with Crippen molar-refractivity contribution in [1.29, 1.82) is 0 Å². The number of hydrogen-bond acceptors (Lipinski definition) is 15. The first-order valence-electron chi connectivity index (χ1n) is 31.6. The molecule has 18 nitrogen and oxygen atoms in total. The van der Waals surface area contributed by atoms with Crippen LogP contribution < -0.4 is 37.1 Å². The van der Waals surface area contributed by atoms with Gasteiger partial charge in [0.05, 0.1) is 61.7 Å². The number of amides is 2. The topological polar surface area (TPSA) is 195 Å². The number of alkyl halides is 3. The average Bonchev–Trinajstić information content (AvgIpc) is 0.802. The summed E-state index contributed by atoms with van der Waals surface area (Å²) in [4.78, 5) is 60.2. The summed E-state index contributed by atoms with van der Waals surface area (Å²) in [5.41, 5.74) is -0.475. The van der Waals surface area contributed by atoms with E-state index < -0.39 is 88.1 Å². The molecule has 2 aliphatic heterocycles. The fourth-order valence-electron chi connectivity index (χ4n) is 12.6. The molecule has 7 atom stereocenters. The maximum absolute atomic E-state index is 14.3. The fraction of sp³-hybridized carbons (Fsp3) is 0.366.